The van der Waals surface area contributed by atoms with Crippen molar-refractivity contribution in [3.8, 4) is 11.5 Å². The van der Waals surface area contributed by atoms with Crippen LogP contribution in [0, 0.1) is 5.92 Å². The quantitative estimate of drug-likeness (QED) is 0.762. The van der Waals surface area contributed by atoms with Crippen molar-refractivity contribution >= 4 is 0 Å². The molecule has 1 atom stereocenters. The van der Waals surface area contributed by atoms with Gasteiger partial charge in [-0.1, -0.05) is 13.0 Å². The smallest absolute Gasteiger partial charge is 0.127 e. The third-order valence-electron chi connectivity index (χ3n) is 2.33. The van der Waals surface area contributed by atoms with Crippen LogP contribution < -0.4 is 15.2 Å². The van der Waals surface area contributed by atoms with Gasteiger partial charge in [-0.15, -0.1) is 0 Å². The average Bonchev–Trinajstić information content (AvgIpc) is 2.35. The van der Waals surface area contributed by atoms with E-state index in [1.54, 1.807) is 7.11 Å². The number of nitrogens with two attached hydrogens (primary N) is 1. The van der Waals surface area contributed by atoms with Crippen molar-refractivity contribution in [3.63, 3.8) is 0 Å². The summed E-state index contributed by atoms with van der Waals surface area (Å²) in [5, 5.41) is 8.91. The van der Waals surface area contributed by atoms with Gasteiger partial charge >= 0.3 is 0 Å². The van der Waals surface area contributed by atoms with Crippen LogP contribution in [-0.4, -0.2) is 25.4 Å². The number of hydrogen-bond donors (Lipinski definition) is 2. The zero-order valence-corrected chi connectivity index (χ0v) is 9.77. The van der Waals surface area contributed by atoms with Gasteiger partial charge in [-0.2, -0.15) is 0 Å². The molecule has 1 rings (SSSR count). The Morgan fingerprint density at radius 3 is 2.75 bits per heavy atom. The van der Waals surface area contributed by atoms with Crippen molar-refractivity contribution in [2.75, 3.05) is 20.3 Å². The summed E-state index contributed by atoms with van der Waals surface area (Å²) < 4.78 is 10.7. The first-order valence-electron chi connectivity index (χ1n) is 5.32. The first-order chi connectivity index (χ1) is 7.71. The van der Waals surface area contributed by atoms with Crippen LogP contribution in [0.2, 0.25) is 0 Å². The van der Waals surface area contributed by atoms with Crippen LogP contribution in [0.1, 0.15) is 12.5 Å². The number of benzene rings is 1. The van der Waals surface area contributed by atoms with E-state index in [9.17, 15) is 0 Å². The van der Waals surface area contributed by atoms with Gasteiger partial charge in [0.1, 0.15) is 11.5 Å². The number of methoxy groups -OCH3 is 1. The molecule has 0 aliphatic heterocycles. The standard InChI is InChI=1S/C12H19NO3/c1-9(7-14)8-16-12-5-11(15-2)4-3-10(12)6-13/h3-5,9,14H,6-8,13H2,1-2H3. The summed E-state index contributed by atoms with van der Waals surface area (Å²) in [4.78, 5) is 0. The topological polar surface area (TPSA) is 64.7 Å². The molecule has 4 nitrogen and oxygen atoms in total. The molecule has 1 aromatic rings. The predicted octanol–water partition coefficient (Wildman–Crippen LogP) is 1.16. The van der Waals surface area contributed by atoms with E-state index in [0.29, 0.717) is 13.2 Å². The Morgan fingerprint density at radius 2 is 2.19 bits per heavy atom. The van der Waals surface area contributed by atoms with Gasteiger partial charge in [0, 0.05) is 30.7 Å². The summed E-state index contributed by atoms with van der Waals surface area (Å²) in [7, 11) is 1.61. The van der Waals surface area contributed by atoms with Gasteiger partial charge in [0.05, 0.1) is 13.7 Å². The number of ether oxygens (including phenoxy) is 2. The minimum absolute atomic E-state index is 0.108. The molecule has 0 saturated heterocycles. The molecule has 1 aromatic carbocycles. The van der Waals surface area contributed by atoms with E-state index in [2.05, 4.69) is 0 Å². The molecule has 0 aliphatic rings. The second kappa shape index (κ2) is 6.35. The molecular weight excluding hydrogens is 206 g/mol. The van der Waals surface area contributed by atoms with Crippen molar-refractivity contribution in [2.24, 2.45) is 11.7 Å². The Kier molecular flexibility index (Phi) is 5.08. The van der Waals surface area contributed by atoms with Crippen LogP contribution in [0.15, 0.2) is 18.2 Å². The summed E-state index contributed by atoms with van der Waals surface area (Å²) >= 11 is 0. The van der Waals surface area contributed by atoms with Gasteiger partial charge in [-0.25, -0.2) is 0 Å². The molecule has 90 valence electrons. The van der Waals surface area contributed by atoms with Gasteiger partial charge < -0.3 is 20.3 Å². The second-order valence-electron chi connectivity index (χ2n) is 3.78. The molecule has 0 aromatic heterocycles. The molecule has 0 fully saturated rings. The van der Waals surface area contributed by atoms with E-state index in [1.807, 2.05) is 25.1 Å². The van der Waals surface area contributed by atoms with Gasteiger partial charge in [0.2, 0.25) is 0 Å². The van der Waals surface area contributed by atoms with Crippen LogP contribution in [-0.2, 0) is 6.54 Å². The van der Waals surface area contributed by atoms with Crippen molar-refractivity contribution in [1.29, 1.82) is 0 Å². The highest BCUT2D eigenvalue weighted by Crippen LogP contribution is 2.24. The van der Waals surface area contributed by atoms with E-state index in [-0.39, 0.29) is 12.5 Å². The Hall–Kier alpha value is -1.26. The lowest BCUT2D eigenvalue weighted by atomic mass is 10.2. The Morgan fingerprint density at radius 1 is 1.44 bits per heavy atom. The van der Waals surface area contributed by atoms with E-state index in [1.165, 1.54) is 0 Å². The summed E-state index contributed by atoms with van der Waals surface area (Å²) in [6.45, 7) is 2.92. The van der Waals surface area contributed by atoms with Crippen LogP contribution in [0.5, 0.6) is 11.5 Å². The molecule has 0 bridgehead atoms. The zero-order valence-electron chi connectivity index (χ0n) is 9.77. The Labute approximate surface area is 96.0 Å². The number of rotatable bonds is 6. The molecule has 3 N–H and O–H groups in total. The minimum Gasteiger partial charge on any atom is -0.497 e. The van der Waals surface area contributed by atoms with E-state index < -0.39 is 0 Å². The minimum atomic E-state index is 0.108. The zero-order chi connectivity index (χ0) is 12.0. The lowest BCUT2D eigenvalue weighted by Gasteiger charge is -2.14. The first kappa shape index (κ1) is 12.8. The first-order valence-corrected chi connectivity index (χ1v) is 5.32. The maximum Gasteiger partial charge on any atom is 0.127 e. The summed E-state index contributed by atoms with van der Waals surface area (Å²) in [6.07, 6.45) is 0. The van der Waals surface area contributed by atoms with Crippen LogP contribution >= 0.6 is 0 Å². The number of hydrogen-bond acceptors (Lipinski definition) is 4. The third-order valence-corrected chi connectivity index (χ3v) is 2.33. The molecular formula is C12H19NO3. The summed E-state index contributed by atoms with van der Waals surface area (Å²) in [5.41, 5.74) is 6.55. The van der Waals surface area contributed by atoms with Gasteiger partial charge in [-0.05, 0) is 6.07 Å². The maximum atomic E-state index is 8.91. The molecule has 0 radical (unpaired) electrons. The fourth-order valence-electron chi connectivity index (χ4n) is 1.25. The van der Waals surface area contributed by atoms with Crippen LogP contribution in [0.25, 0.3) is 0 Å². The summed E-state index contributed by atoms with van der Waals surface area (Å²) in [6, 6.07) is 5.55. The molecule has 0 spiro atoms. The number of aliphatic hydroxyl groups is 1. The molecule has 16 heavy (non-hydrogen) atoms. The predicted molar refractivity (Wildman–Crippen MR) is 62.6 cm³/mol. The Bertz CT molecular complexity index is 328. The molecule has 0 aliphatic carbocycles. The normalized spacial score (nSPS) is 12.2. The van der Waals surface area contributed by atoms with Gasteiger partial charge in [0.15, 0.2) is 0 Å². The Balaban J connectivity index is 2.75. The van der Waals surface area contributed by atoms with Crippen molar-refractivity contribution in [1.82, 2.24) is 0 Å². The van der Waals surface area contributed by atoms with Gasteiger partial charge in [-0.3, -0.25) is 0 Å². The SMILES string of the molecule is COc1ccc(CN)c(OCC(C)CO)c1. The van der Waals surface area contributed by atoms with Crippen LogP contribution in [0.3, 0.4) is 0 Å². The van der Waals surface area contributed by atoms with Crippen molar-refractivity contribution < 1.29 is 14.6 Å². The fourth-order valence-corrected chi connectivity index (χ4v) is 1.25. The molecule has 0 amide bonds. The maximum absolute atomic E-state index is 8.91. The molecule has 0 saturated carbocycles. The van der Waals surface area contributed by atoms with Crippen molar-refractivity contribution in [3.05, 3.63) is 23.8 Å². The van der Waals surface area contributed by atoms with Gasteiger partial charge in [0.25, 0.3) is 0 Å². The molecule has 0 heterocycles. The lowest BCUT2D eigenvalue weighted by Crippen LogP contribution is -2.13. The number of aliphatic hydroxyl groups excluding tert-OH is 1. The summed E-state index contributed by atoms with van der Waals surface area (Å²) in [5.74, 6) is 1.57. The van der Waals surface area contributed by atoms with E-state index >= 15 is 0 Å². The largest absolute Gasteiger partial charge is 0.497 e. The third kappa shape index (κ3) is 3.40. The highest BCUT2D eigenvalue weighted by molar-refractivity contribution is 5.40. The molecule has 4 heteroatoms. The highest BCUT2D eigenvalue weighted by Gasteiger charge is 2.07. The average molecular weight is 225 g/mol. The monoisotopic (exact) mass is 225 g/mol. The van der Waals surface area contributed by atoms with E-state index in [0.717, 1.165) is 17.1 Å². The van der Waals surface area contributed by atoms with E-state index in [4.69, 9.17) is 20.3 Å². The van der Waals surface area contributed by atoms with Crippen LogP contribution in [0.4, 0.5) is 0 Å². The van der Waals surface area contributed by atoms with Crippen molar-refractivity contribution in [2.45, 2.75) is 13.5 Å². The fraction of sp³-hybridized carbons (Fsp3) is 0.500. The highest BCUT2D eigenvalue weighted by atomic mass is 16.5. The second-order valence-corrected chi connectivity index (χ2v) is 3.78. The lowest BCUT2D eigenvalue weighted by molar-refractivity contribution is 0.173. The molecule has 1 unspecified atom stereocenters.